The molecule has 0 fully saturated rings. The van der Waals surface area contributed by atoms with Crippen LogP contribution in [0.15, 0.2) is 36.7 Å². The van der Waals surface area contributed by atoms with Gasteiger partial charge in [-0.05, 0) is 5.56 Å². The molecule has 1 unspecified atom stereocenters. The Kier molecular flexibility index (Phi) is 3.66. The van der Waals surface area contributed by atoms with Gasteiger partial charge in [-0.3, -0.25) is 4.79 Å². The second-order valence-electron chi connectivity index (χ2n) is 5.46. The molecule has 1 aromatic heterocycles. The van der Waals surface area contributed by atoms with E-state index in [1.165, 1.54) is 11.8 Å². The molecule has 0 aliphatic carbocycles. The summed E-state index contributed by atoms with van der Waals surface area (Å²) in [6.07, 6.45) is 1.98. The highest BCUT2D eigenvalue weighted by molar-refractivity contribution is 5.83. The van der Waals surface area contributed by atoms with Crippen molar-refractivity contribution < 1.29 is 14.7 Å². The number of hydrogen-bond donors (Lipinski definition) is 1. The molecule has 1 aliphatic rings. The molecule has 1 N–H and O–H groups in total. The van der Waals surface area contributed by atoms with E-state index < -0.39 is 12.0 Å². The maximum atomic E-state index is 11.7. The summed E-state index contributed by atoms with van der Waals surface area (Å²) < 4.78 is 1.98. The fourth-order valence-corrected chi connectivity index (χ4v) is 2.83. The average Bonchev–Trinajstić information content (AvgIpc) is 2.89. The maximum Gasteiger partial charge on any atom is 0.326 e. The van der Waals surface area contributed by atoms with Crippen LogP contribution >= 0.6 is 0 Å². The summed E-state index contributed by atoms with van der Waals surface area (Å²) in [6.45, 7) is 2.35. The van der Waals surface area contributed by atoms with Crippen LogP contribution in [0.1, 0.15) is 23.9 Å². The SMILES string of the molecule is CC(=O)N1Cc2c(ncn2Cc2ccccc2)CC1C(=O)O. The summed E-state index contributed by atoms with van der Waals surface area (Å²) in [7, 11) is 0. The summed E-state index contributed by atoms with van der Waals surface area (Å²) in [5.41, 5.74) is 2.81. The molecular weight excluding hydrogens is 282 g/mol. The summed E-state index contributed by atoms with van der Waals surface area (Å²) in [6, 6.07) is 9.13. The minimum atomic E-state index is -0.988. The topological polar surface area (TPSA) is 75.4 Å². The van der Waals surface area contributed by atoms with Gasteiger partial charge >= 0.3 is 5.97 Å². The monoisotopic (exact) mass is 299 g/mol. The standard InChI is InChI=1S/C16H17N3O3/c1-11(20)19-9-15-13(7-14(19)16(21)22)17-10-18(15)8-12-5-3-2-4-6-12/h2-6,10,14H,7-9H2,1H3,(H,21,22). The first-order valence-corrected chi connectivity index (χ1v) is 7.13. The zero-order valence-electron chi connectivity index (χ0n) is 12.3. The Bertz CT molecular complexity index is 709. The quantitative estimate of drug-likeness (QED) is 0.926. The lowest BCUT2D eigenvalue weighted by Crippen LogP contribution is -2.48. The van der Waals surface area contributed by atoms with Gasteiger partial charge in [0.05, 0.1) is 24.3 Å². The maximum absolute atomic E-state index is 11.7. The van der Waals surface area contributed by atoms with Crippen LogP contribution in [0.25, 0.3) is 0 Å². The number of carbonyl (C=O) groups is 2. The van der Waals surface area contributed by atoms with E-state index in [1.807, 2.05) is 34.9 Å². The van der Waals surface area contributed by atoms with Crippen LogP contribution in [-0.2, 0) is 29.1 Å². The van der Waals surface area contributed by atoms with Crippen LogP contribution in [0.2, 0.25) is 0 Å². The molecule has 0 radical (unpaired) electrons. The molecule has 6 heteroatoms. The van der Waals surface area contributed by atoms with E-state index in [4.69, 9.17) is 0 Å². The van der Waals surface area contributed by atoms with Crippen molar-refractivity contribution in [2.45, 2.75) is 32.5 Å². The Labute approximate surface area is 128 Å². The molecule has 0 saturated heterocycles. The number of nitrogens with zero attached hydrogens (tertiary/aromatic N) is 3. The molecular formula is C16H17N3O3. The zero-order valence-corrected chi connectivity index (χ0v) is 12.3. The van der Waals surface area contributed by atoms with Crippen LogP contribution < -0.4 is 0 Å². The Morgan fingerprint density at radius 1 is 1.32 bits per heavy atom. The van der Waals surface area contributed by atoms with Crippen molar-refractivity contribution in [2.75, 3.05) is 0 Å². The van der Waals surface area contributed by atoms with Crippen molar-refractivity contribution in [1.82, 2.24) is 14.5 Å². The number of amides is 1. The Balaban J connectivity index is 1.90. The summed E-state index contributed by atoms with van der Waals surface area (Å²) in [5.74, 6) is -1.22. The largest absolute Gasteiger partial charge is 0.480 e. The van der Waals surface area contributed by atoms with Gasteiger partial charge in [-0.1, -0.05) is 30.3 Å². The molecule has 22 heavy (non-hydrogen) atoms. The van der Waals surface area contributed by atoms with Gasteiger partial charge < -0.3 is 14.6 Å². The van der Waals surface area contributed by atoms with Gasteiger partial charge in [-0.2, -0.15) is 0 Å². The van der Waals surface area contributed by atoms with Crippen molar-refractivity contribution in [3.8, 4) is 0 Å². The summed E-state index contributed by atoms with van der Waals surface area (Å²) in [5, 5.41) is 9.30. The van der Waals surface area contributed by atoms with Gasteiger partial charge in [0.1, 0.15) is 6.04 Å². The molecule has 0 bridgehead atoms. The van der Waals surface area contributed by atoms with Gasteiger partial charge in [-0.25, -0.2) is 9.78 Å². The molecule has 6 nitrogen and oxygen atoms in total. The molecule has 3 rings (SSSR count). The number of carbonyl (C=O) groups excluding carboxylic acids is 1. The van der Waals surface area contributed by atoms with Crippen LogP contribution in [0.3, 0.4) is 0 Å². The molecule has 1 atom stereocenters. The van der Waals surface area contributed by atoms with Gasteiger partial charge in [0.15, 0.2) is 0 Å². The van der Waals surface area contributed by atoms with E-state index in [2.05, 4.69) is 4.98 Å². The van der Waals surface area contributed by atoms with Gasteiger partial charge in [0, 0.05) is 19.9 Å². The molecule has 1 amide bonds. The first-order valence-electron chi connectivity index (χ1n) is 7.13. The van der Waals surface area contributed by atoms with Crippen molar-refractivity contribution in [1.29, 1.82) is 0 Å². The fourth-order valence-electron chi connectivity index (χ4n) is 2.83. The van der Waals surface area contributed by atoms with Crippen molar-refractivity contribution in [2.24, 2.45) is 0 Å². The normalized spacial score (nSPS) is 17.1. The molecule has 0 spiro atoms. The Morgan fingerprint density at radius 3 is 2.68 bits per heavy atom. The minimum Gasteiger partial charge on any atom is -0.480 e. The highest BCUT2D eigenvalue weighted by atomic mass is 16.4. The van der Waals surface area contributed by atoms with Gasteiger partial charge in [0.2, 0.25) is 5.91 Å². The first-order chi connectivity index (χ1) is 10.6. The number of carboxylic acids is 1. The fraction of sp³-hybridized carbons (Fsp3) is 0.312. The van der Waals surface area contributed by atoms with E-state index in [1.54, 1.807) is 6.33 Å². The van der Waals surface area contributed by atoms with Crippen molar-refractivity contribution in [3.05, 3.63) is 53.6 Å². The molecule has 2 aromatic rings. The number of fused-ring (bicyclic) bond motifs is 1. The third kappa shape index (κ3) is 2.59. The van der Waals surface area contributed by atoms with Crippen LogP contribution in [-0.4, -0.2) is 37.5 Å². The predicted octanol–water partition coefficient (Wildman–Crippen LogP) is 1.29. The lowest BCUT2D eigenvalue weighted by molar-refractivity contribution is -0.150. The second kappa shape index (κ2) is 5.63. The molecule has 1 aromatic carbocycles. The first kappa shape index (κ1) is 14.3. The lowest BCUT2D eigenvalue weighted by atomic mass is 10.0. The van der Waals surface area contributed by atoms with E-state index in [9.17, 15) is 14.7 Å². The predicted molar refractivity (Wildman–Crippen MR) is 79.1 cm³/mol. The van der Waals surface area contributed by atoms with Crippen molar-refractivity contribution in [3.63, 3.8) is 0 Å². The third-order valence-electron chi connectivity index (χ3n) is 4.00. The molecule has 0 saturated carbocycles. The number of aromatic nitrogens is 2. The number of benzene rings is 1. The van der Waals surface area contributed by atoms with E-state index in [-0.39, 0.29) is 18.9 Å². The smallest absolute Gasteiger partial charge is 0.326 e. The lowest BCUT2D eigenvalue weighted by Gasteiger charge is -2.32. The second-order valence-corrected chi connectivity index (χ2v) is 5.46. The van der Waals surface area contributed by atoms with E-state index in [0.29, 0.717) is 6.54 Å². The number of hydrogen-bond acceptors (Lipinski definition) is 3. The van der Waals surface area contributed by atoms with Crippen LogP contribution in [0.5, 0.6) is 0 Å². The third-order valence-corrected chi connectivity index (χ3v) is 4.00. The van der Waals surface area contributed by atoms with Crippen LogP contribution in [0.4, 0.5) is 0 Å². The zero-order chi connectivity index (χ0) is 15.7. The van der Waals surface area contributed by atoms with E-state index in [0.717, 1.165) is 17.0 Å². The molecule has 114 valence electrons. The van der Waals surface area contributed by atoms with Gasteiger partial charge in [-0.15, -0.1) is 0 Å². The average molecular weight is 299 g/mol. The molecule has 2 heterocycles. The van der Waals surface area contributed by atoms with Crippen LogP contribution in [0, 0.1) is 0 Å². The molecule has 1 aliphatic heterocycles. The van der Waals surface area contributed by atoms with Crippen molar-refractivity contribution >= 4 is 11.9 Å². The number of aliphatic carboxylic acids is 1. The van der Waals surface area contributed by atoms with E-state index >= 15 is 0 Å². The highest BCUT2D eigenvalue weighted by Gasteiger charge is 2.35. The summed E-state index contributed by atoms with van der Waals surface area (Å²) >= 11 is 0. The summed E-state index contributed by atoms with van der Waals surface area (Å²) in [4.78, 5) is 28.8. The number of imidazole rings is 1. The van der Waals surface area contributed by atoms with Gasteiger partial charge in [0.25, 0.3) is 0 Å². The number of rotatable bonds is 3. The highest BCUT2D eigenvalue weighted by Crippen LogP contribution is 2.23. The number of carboxylic acid groups (broad SMARTS) is 1. The Morgan fingerprint density at radius 2 is 2.05 bits per heavy atom. The Hall–Kier alpha value is -2.63. The minimum absolute atomic E-state index is 0.231.